The Labute approximate surface area is 174 Å². The predicted octanol–water partition coefficient (Wildman–Crippen LogP) is 3.83. The number of aliphatic imine (C=N–C) groups is 1. The minimum atomic E-state index is -0.465. The summed E-state index contributed by atoms with van der Waals surface area (Å²) in [5, 5.41) is 20.0. The van der Waals surface area contributed by atoms with Gasteiger partial charge in [-0.25, -0.2) is 9.50 Å². The van der Waals surface area contributed by atoms with E-state index in [1.165, 1.54) is 28.1 Å². The number of carbonyl (C=O) groups excluding carboxylic acids is 1. The van der Waals surface area contributed by atoms with E-state index in [0.29, 0.717) is 16.6 Å². The number of rotatable bonds is 3. The monoisotopic (exact) mass is 421 g/mol. The molecular weight excluding hydrogens is 406 g/mol. The van der Waals surface area contributed by atoms with E-state index >= 15 is 0 Å². The van der Waals surface area contributed by atoms with E-state index in [4.69, 9.17) is 15.5 Å². The first-order valence-corrected chi connectivity index (χ1v) is 10.6. The molecule has 1 aromatic carbocycles. The van der Waals surface area contributed by atoms with Gasteiger partial charge in [-0.3, -0.25) is 10.2 Å². The van der Waals surface area contributed by atoms with Crippen LogP contribution in [0.3, 0.4) is 0 Å². The first kappa shape index (κ1) is 18.0. The molecule has 0 radical (unpaired) electrons. The SMILES string of the molecule is CC(C)c1nn2c(C=C3C(=N)N4N=CSC4=NC3=O)c(-c3ccccc3)nc2s1. The van der Waals surface area contributed by atoms with Gasteiger partial charge in [-0.1, -0.05) is 55.5 Å². The van der Waals surface area contributed by atoms with Gasteiger partial charge < -0.3 is 0 Å². The number of carbonyl (C=O) groups is 1. The van der Waals surface area contributed by atoms with Crippen LogP contribution in [0.5, 0.6) is 0 Å². The molecular formula is C19H15N7OS2. The molecule has 0 bridgehead atoms. The van der Waals surface area contributed by atoms with Crippen LogP contribution in [0.2, 0.25) is 0 Å². The number of benzene rings is 1. The van der Waals surface area contributed by atoms with Crippen LogP contribution in [0.15, 0.2) is 46.0 Å². The minimum Gasteiger partial charge on any atom is -0.282 e. The molecule has 1 N–H and O–H groups in total. The maximum atomic E-state index is 12.6. The van der Waals surface area contributed by atoms with Crippen LogP contribution in [-0.4, -0.2) is 42.1 Å². The van der Waals surface area contributed by atoms with Gasteiger partial charge in [-0.2, -0.15) is 20.2 Å². The second-order valence-electron chi connectivity index (χ2n) is 6.76. The summed E-state index contributed by atoms with van der Waals surface area (Å²) in [7, 11) is 0. The number of aromatic nitrogens is 3. The fourth-order valence-electron chi connectivity index (χ4n) is 3.02. The van der Waals surface area contributed by atoms with Gasteiger partial charge in [0.2, 0.25) is 4.96 Å². The van der Waals surface area contributed by atoms with Gasteiger partial charge in [0.25, 0.3) is 5.91 Å². The third-order valence-corrected chi connectivity index (χ3v) is 6.36. The van der Waals surface area contributed by atoms with Crippen molar-refractivity contribution in [2.45, 2.75) is 19.8 Å². The molecule has 0 unspecified atom stereocenters. The highest BCUT2D eigenvalue weighted by Gasteiger charge is 2.33. The van der Waals surface area contributed by atoms with Crippen LogP contribution in [0.25, 0.3) is 22.3 Å². The molecule has 29 heavy (non-hydrogen) atoms. The van der Waals surface area contributed by atoms with Crippen molar-refractivity contribution in [2.24, 2.45) is 10.1 Å². The van der Waals surface area contributed by atoms with E-state index in [2.05, 4.69) is 23.9 Å². The molecule has 2 aliphatic heterocycles. The number of nitrogens with zero attached hydrogens (tertiary/aromatic N) is 6. The van der Waals surface area contributed by atoms with E-state index < -0.39 is 5.91 Å². The Bertz CT molecular complexity index is 1250. The average Bonchev–Trinajstić information content (AvgIpc) is 3.40. The van der Waals surface area contributed by atoms with E-state index in [-0.39, 0.29) is 17.3 Å². The maximum Gasteiger partial charge on any atom is 0.283 e. The van der Waals surface area contributed by atoms with E-state index in [9.17, 15) is 4.79 Å². The topological polar surface area (TPSA) is 99.1 Å². The summed E-state index contributed by atoms with van der Waals surface area (Å²) < 4.78 is 1.75. The van der Waals surface area contributed by atoms with Gasteiger partial charge in [0.15, 0.2) is 11.0 Å². The van der Waals surface area contributed by atoms with Gasteiger partial charge in [-0.15, -0.1) is 0 Å². The molecule has 10 heteroatoms. The predicted molar refractivity (Wildman–Crippen MR) is 116 cm³/mol. The zero-order chi connectivity index (χ0) is 20.1. The first-order valence-electron chi connectivity index (χ1n) is 8.90. The van der Waals surface area contributed by atoms with E-state index in [1.54, 1.807) is 16.1 Å². The Morgan fingerprint density at radius 2 is 2.00 bits per heavy atom. The summed E-state index contributed by atoms with van der Waals surface area (Å²) in [4.78, 5) is 22.2. The van der Waals surface area contributed by atoms with Gasteiger partial charge in [0.05, 0.1) is 22.5 Å². The smallest absolute Gasteiger partial charge is 0.282 e. The molecule has 4 heterocycles. The van der Waals surface area contributed by atoms with Crippen molar-refractivity contribution in [1.29, 1.82) is 5.41 Å². The van der Waals surface area contributed by atoms with Gasteiger partial charge >= 0.3 is 0 Å². The third-order valence-electron chi connectivity index (χ3n) is 4.47. The molecule has 8 nitrogen and oxygen atoms in total. The maximum absolute atomic E-state index is 12.6. The van der Waals surface area contributed by atoms with Crippen molar-refractivity contribution in [3.63, 3.8) is 0 Å². The third kappa shape index (κ3) is 2.91. The van der Waals surface area contributed by atoms with E-state index in [1.807, 2.05) is 30.3 Å². The fourth-order valence-corrected chi connectivity index (χ4v) is 4.54. The molecule has 144 valence electrons. The molecule has 5 rings (SSSR count). The Kier molecular flexibility index (Phi) is 4.18. The van der Waals surface area contributed by atoms with Crippen molar-refractivity contribution < 1.29 is 4.79 Å². The van der Waals surface area contributed by atoms with Gasteiger partial charge in [0.1, 0.15) is 5.01 Å². The largest absolute Gasteiger partial charge is 0.283 e. The number of amidine groups is 2. The van der Waals surface area contributed by atoms with Crippen molar-refractivity contribution >= 4 is 56.6 Å². The highest BCUT2D eigenvalue weighted by atomic mass is 32.2. The second kappa shape index (κ2) is 6.75. The fraction of sp³-hybridized carbons (Fsp3) is 0.158. The van der Waals surface area contributed by atoms with Crippen molar-refractivity contribution in [3.8, 4) is 11.3 Å². The number of hydrogen-bond acceptors (Lipinski definition) is 7. The molecule has 0 fully saturated rings. The number of nitrogens with one attached hydrogen (secondary N) is 1. The molecule has 0 aliphatic carbocycles. The first-order chi connectivity index (χ1) is 14.0. The highest BCUT2D eigenvalue weighted by molar-refractivity contribution is 8.25. The molecule has 0 saturated carbocycles. The molecule has 2 aromatic heterocycles. The zero-order valence-corrected chi connectivity index (χ0v) is 17.2. The van der Waals surface area contributed by atoms with Crippen LogP contribution in [-0.2, 0) is 4.79 Å². The number of fused-ring (bicyclic) bond motifs is 2. The second-order valence-corrected chi connectivity index (χ2v) is 8.56. The molecule has 2 aliphatic rings. The van der Waals surface area contributed by atoms with Crippen molar-refractivity contribution in [3.05, 3.63) is 46.6 Å². The number of hydrazone groups is 1. The summed E-state index contributed by atoms with van der Waals surface area (Å²) >= 11 is 2.74. The quantitative estimate of drug-likeness (QED) is 0.648. The lowest BCUT2D eigenvalue weighted by molar-refractivity contribution is -0.114. The summed E-state index contributed by atoms with van der Waals surface area (Å²) in [5.74, 6) is -0.206. The highest BCUT2D eigenvalue weighted by Crippen LogP contribution is 2.32. The van der Waals surface area contributed by atoms with Gasteiger partial charge in [-0.05, 0) is 17.8 Å². The normalized spacial score (nSPS) is 17.7. The number of hydrogen-bond donors (Lipinski definition) is 1. The zero-order valence-electron chi connectivity index (χ0n) is 15.5. The van der Waals surface area contributed by atoms with Crippen LogP contribution >= 0.6 is 23.1 Å². The Hall–Kier alpha value is -3.11. The van der Waals surface area contributed by atoms with E-state index in [0.717, 1.165) is 15.5 Å². The molecule has 3 aromatic rings. The minimum absolute atomic E-state index is 0.00507. The van der Waals surface area contributed by atoms with Crippen molar-refractivity contribution in [1.82, 2.24) is 19.6 Å². The summed E-state index contributed by atoms with van der Waals surface area (Å²) in [6.45, 7) is 4.16. The lowest BCUT2D eigenvalue weighted by Crippen LogP contribution is -2.35. The number of thioether (sulfide) groups is 1. The lowest BCUT2D eigenvalue weighted by Gasteiger charge is -2.20. The number of imidazole rings is 1. The molecule has 0 spiro atoms. The van der Waals surface area contributed by atoms with Crippen LogP contribution in [0.1, 0.15) is 30.5 Å². The summed E-state index contributed by atoms with van der Waals surface area (Å²) in [5.41, 5.74) is 3.99. The Morgan fingerprint density at radius 3 is 2.76 bits per heavy atom. The Morgan fingerprint density at radius 1 is 1.21 bits per heavy atom. The van der Waals surface area contributed by atoms with Crippen molar-refractivity contribution in [2.75, 3.05) is 0 Å². The van der Waals surface area contributed by atoms with Gasteiger partial charge in [0, 0.05) is 11.5 Å². The molecule has 0 atom stereocenters. The lowest BCUT2D eigenvalue weighted by atomic mass is 10.1. The summed E-state index contributed by atoms with van der Waals surface area (Å²) in [6.07, 6.45) is 1.65. The average molecular weight is 422 g/mol. The van der Waals surface area contributed by atoms with Crippen LogP contribution in [0.4, 0.5) is 0 Å². The molecule has 1 amide bonds. The molecule has 0 saturated heterocycles. The Balaban J connectivity index is 1.72. The van der Waals surface area contributed by atoms with Crippen LogP contribution in [0, 0.1) is 5.41 Å². The van der Waals surface area contributed by atoms with Crippen LogP contribution < -0.4 is 0 Å². The summed E-state index contributed by atoms with van der Waals surface area (Å²) in [6, 6.07) is 9.74. The standard InChI is InChI=1S/C19H15N7OS2/c1-10(2)17-24-25-13(14(22-19(25)29-17)11-6-4-3-5-7-11)8-12-15(20)26-18(23-16(12)27)28-9-21-26/h3-10,20H,1-2H3. The number of amides is 1.